The SMILES string of the molecule is CC1CCC(=O)N1c1cccc(NC(=O)c2cc(C#N)c[nH]2)c1. The van der Waals surface area contributed by atoms with Gasteiger partial charge in [-0.05, 0) is 37.6 Å². The standard InChI is InChI=1S/C17H16N4O2/c1-11-5-6-16(22)21(11)14-4-2-3-13(8-14)20-17(23)15-7-12(9-18)10-19-15/h2-4,7-8,10-11,19H,5-6H2,1H3,(H,20,23). The summed E-state index contributed by atoms with van der Waals surface area (Å²) in [6, 6.07) is 10.8. The Hall–Kier alpha value is -3.07. The van der Waals surface area contributed by atoms with Crippen LogP contribution in [0.1, 0.15) is 35.8 Å². The van der Waals surface area contributed by atoms with Gasteiger partial charge in [-0.15, -0.1) is 0 Å². The quantitative estimate of drug-likeness (QED) is 0.913. The van der Waals surface area contributed by atoms with Gasteiger partial charge in [0.2, 0.25) is 5.91 Å². The first-order chi connectivity index (χ1) is 11.1. The van der Waals surface area contributed by atoms with Crippen molar-refractivity contribution in [1.82, 2.24) is 4.98 Å². The van der Waals surface area contributed by atoms with Crippen LogP contribution in [0.3, 0.4) is 0 Å². The third kappa shape index (κ3) is 2.94. The van der Waals surface area contributed by atoms with Crippen molar-refractivity contribution in [3.05, 3.63) is 47.8 Å². The molecule has 0 radical (unpaired) electrons. The van der Waals surface area contributed by atoms with Gasteiger partial charge < -0.3 is 15.2 Å². The average Bonchev–Trinajstić information content (AvgIpc) is 3.14. The van der Waals surface area contributed by atoms with Gasteiger partial charge in [-0.3, -0.25) is 9.59 Å². The van der Waals surface area contributed by atoms with Crippen LogP contribution in [-0.4, -0.2) is 22.8 Å². The summed E-state index contributed by atoms with van der Waals surface area (Å²) in [5, 5.41) is 11.6. The van der Waals surface area contributed by atoms with Crippen molar-refractivity contribution >= 4 is 23.2 Å². The fraction of sp³-hybridized carbons (Fsp3) is 0.235. The molecule has 1 fully saturated rings. The van der Waals surface area contributed by atoms with E-state index in [1.165, 1.54) is 12.3 Å². The minimum absolute atomic E-state index is 0.101. The third-order valence-electron chi connectivity index (χ3n) is 3.92. The number of aromatic amines is 1. The Bertz CT molecular complexity index is 803. The Labute approximate surface area is 133 Å². The van der Waals surface area contributed by atoms with Crippen molar-refractivity contribution in [2.75, 3.05) is 10.2 Å². The summed E-state index contributed by atoms with van der Waals surface area (Å²) < 4.78 is 0. The summed E-state index contributed by atoms with van der Waals surface area (Å²) in [5.41, 5.74) is 2.10. The van der Waals surface area contributed by atoms with Crippen LogP contribution >= 0.6 is 0 Å². The number of benzene rings is 1. The number of carbonyl (C=O) groups is 2. The first-order valence-electron chi connectivity index (χ1n) is 7.40. The lowest BCUT2D eigenvalue weighted by molar-refractivity contribution is -0.117. The van der Waals surface area contributed by atoms with Crippen LogP contribution in [0.2, 0.25) is 0 Å². The van der Waals surface area contributed by atoms with Gasteiger partial charge in [0, 0.05) is 30.0 Å². The molecule has 2 N–H and O–H groups in total. The predicted octanol–water partition coefficient (Wildman–Crippen LogP) is 2.65. The zero-order valence-corrected chi connectivity index (χ0v) is 12.7. The van der Waals surface area contributed by atoms with Crippen molar-refractivity contribution in [3.8, 4) is 6.07 Å². The second kappa shape index (κ2) is 5.97. The maximum atomic E-state index is 12.2. The van der Waals surface area contributed by atoms with Gasteiger partial charge in [-0.25, -0.2) is 0 Å². The van der Waals surface area contributed by atoms with Crippen molar-refractivity contribution in [2.24, 2.45) is 0 Å². The maximum absolute atomic E-state index is 12.2. The number of hydrogen-bond acceptors (Lipinski definition) is 3. The summed E-state index contributed by atoms with van der Waals surface area (Å²) >= 11 is 0. The van der Waals surface area contributed by atoms with E-state index in [4.69, 9.17) is 5.26 Å². The minimum Gasteiger partial charge on any atom is -0.356 e. The molecule has 2 aromatic rings. The van der Waals surface area contributed by atoms with Gasteiger partial charge in [-0.2, -0.15) is 5.26 Å². The molecule has 0 aliphatic carbocycles. The van der Waals surface area contributed by atoms with Crippen LogP contribution in [0.15, 0.2) is 36.5 Å². The Kier molecular flexibility index (Phi) is 3.85. The maximum Gasteiger partial charge on any atom is 0.272 e. The highest BCUT2D eigenvalue weighted by molar-refractivity contribution is 6.04. The molecule has 2 amide bonds. The second-order valence-electron chi connectivity index (χ2n) is 5.57. The summed E-state index contributed by atoms with van der Waals surface area (Å²) in [5.74, 6) is -0.228. The number of amides is 2. The number of nitrogens with one attached hydrogen (secondary N) is 2. The van der Waals surface area contributed by atoms with E-state index in [2.05, 4.69) is 10.3 Å². The molecule has 1 aliphatic rings. The van der Waals surface area contributed by atoms with Crippen LogP contribution in [0.4, 0.5) is 11.4 Å². The van der Waals surface area contributed by atoms with Crippen molar-refractivity contribution in [2.45, 2.75) is 25.8 Å². The highest BCUT2D eigenvalue weighted by atomic mass is 16.2. The Morgan fingerprint density at radius 2 is 2.26 bits per heavy atom. The molecule has 116 valence electrons. The molecule has 1 aromatic carbocycles. The highest BCUT2D eigenvalue weighted by Crippen LogP contribution is 2.28. The van der Waals surface area contributed by atoms with Crippen molar-refractivity contribution < 1.29 is 9.59 Å². The summed E-state index contributed by atoms with van der Waals surface area (Å²) in [7, 11) is 0. The number of aromatic nitrogens is 1. The first kappa shape index (κ1) is 14.9. The van der Waals surface area contributed by atoms with E-state index in [-0.39, 0.29) is 17.9 Å². The van der Waals surface area contributed by atoms with Gasteiger partial charge in [0.05, 0.1) is 5.56 Å². The number of carbonyl (C=O) groups excluding carboxylic acids is 2. The molecule has 0 saturated carbocycles. The zero-order valence-electron chi connectivity index (χ0n) is 12.7. The van der Waals surface area contributed by atoms with Crippen LogP contribution in [-0.2, 0) is 4.79 Å². The summed E-state index contributed by atoms with van der Waals surface area (Å²) in [4.78, 5) is 28.7. The molecule has 0 spiro atoms. The molecule has 2 heterocycles. The fourth-order valence-electron chi connectivity index (χ4n) is 2.75. The second-order valence-corrected chi connectivity index (χ2v) is 5.57. The number of rotatable bonds is 3. The number of nitrogens with zero attached hydrogens (tertiary/aromatic N) is 2. The van der Waals surface area contributed by atoms with Gasteiger partial charge >= 0.3 is 0 Å². The monoisotopic (exact) mass is 308 g/mol. The molecule has 6 heteroatoms. The Balaban J connectivity index is 1.79. The lowest BCUT2D eigenvalue weighted by atomic mass is 10.2. The van der Waals surface area contributed by atoms with Crippen LogP contribution < -0.4 is 10.2 Å². The lowest BCUT2D eigenvalue weighted by Gasteiger charge is -2.22. The molecular formula is C17H16N4O2. The minimum atomic E-state index is -0.329. The molecule has 1 saturated heterocycles. The zero-order chi connectivity index (χ0) is 16.4. The molecule has 1 aliphatic heterocycles. The van der Waals surface area contributed by atoms with E-state index < -0.39 is 0 Å². The molecule has 6 nitrogen and oxygen atoms in total. The molecule has 3 rings (SSSR count). The fourth-order valence-corrected chi connectivity index (χ4v) is 2.75. The summed E-state index contributed by atoms with van der Waals surface area (Å²) in [6.07, 6.45) is 2.88. The van der Waals surface area contributed by atoms with E-state index in [1.807, 2.05) is 19.1 Å². The van der Waals surface area contributed by atoms with E-state index >= 15 is 0 Å². The van der Waals surface area contributed by atoms with Gasteiger partial charge in [-0.1, -0.05) is 6.07 Å². The van der Waals surface area contributed by atoms with Crippen molar-refractivity contribution in [1.29, 1.82) is 5.26 Å². The first-order valence-corrected chi connectivity index (χ1v) is 7.40. The van der Waals surface area contributed by atoms with Crippen LogP contribution in [0.25, 0.3) is 0 Å². The normalized spacial score (nSPS) is 17.1. The molecule has 0 bridgehead atoms. The average molecular weight is 308 g/mol. The van der Waals surface area contributed by atoms with E-state index in [9.17, 15) is 9.59 Å². The number of hydrogen-bond donors (Lipinski definition) is 2. The van der Waals surface area contributed by atoms with E-state index in [0.717, 1.165) is 12.1 Å². The molecule has 1 atom stereocenters. The molecule has 1 unspecified atom stereocenters. The van der Waals surface area contributed by atoms with E-state index in [1.54, 1.807) is 23.1 Å². The van der Waals surface area contributed by atoms with Gasteiger partial charge in [0.15, 0.2) is 0 Å². The molecule has 1 aromatic heterocycles. The van der Waals surface area contributed by atoms with Gasteiger partial charge in [0.1, 0.15) is 11.8 Å². The van der Waals surface area contributed by atoms with Crippen molar-refractivity contribution in [3.63, 3.8) is 0 Å². The molecular weight excluding hydrogens is 292 g/mol. The number of nitriles is 1. The molecule has 23 heavy (non-hydrogen) atoms. The van der Waals surface area contributed by atoms with Crippen LogP contribution in [0.5, 0.6) is 0 Å². The van der Waals surface area contributed by atoms with Crippen LogP contribution in [0, 0.1) is 11.3 Å². The van der Waals surface area contributed by atoms with Gasteiger partial charge in [0.25, 0.3) is 5.91 Å². The van der Waals surface area contributed by atoms with E-state index in [0.29, 0.717) is 23.4 Å². The topological polar surface area (TPSA) is 89.0 Å². The lowest BCUT2D eigenvalue weighted by Crippen LogP contribution is -2.30. The highest BCUT2D eigenvalue weighted by Gasteiger charge is 2.28. The largest absolute Gasteiger partial charge is 0.356 e. The Morgan fingerprint density at radius 3 is 2.91 bits per heavy atom. The summed E-state index contributed by atoms with van der Waals surface area (Å²) in [6.45, 7) is 2.01. The third-order valence-corrected chi connectivity index (χ3v) is 3.92. The predicted molar refractivity (Wildman–Crippen MR) is 86.1 cm³/mol. The smallest absolute Gasteiger partial charge is 0.272 e. The Morgan fingerprint density at radius 1 is 1.43 bits per heavy atom. The number of anilines is 2. The number of H-pyrrole nitrogens is 1.